The van der Waals surface area contributed by atoms with Crippen LogP contribution in [0.15, 0.2) is 12.2 Å². The summed E-state index contributed by atoms with van der Waals surface area (Å²) in [6.07, 6.45) is 39.2. The summed E-state index contributed by atoms with van der Waals surface area (Å²) in [5, 5.41) is 0. The van der Waals surface area contributed by atoms with Crippen molar-refractivity contribution < 1.29 is 23.8 Å². The summed E-state index contributed by atoms with van der Waals surface area (Å²) in [4.78, 5) is 25.0. The zero-order valence-electron chi connectivity index (χ0n) is 31.1. The summed E-state index contributed by atoms with van der Waals surface area (Å²) < 4.78 is 17.1. The lowest BCUT2D eigenvalue weighted by molar-refractivity contribution is -0.163. The third kappa shape index (κ3) is 35.5. The number of hydrogen-bond acceptors (Lipinski definition) is 5. The van der Waals surface area contributed by atoms with E-state index in [9.17, 15) is 9.59 Å². The lowest BCUT2D eigenvalue weighted by Gasteiger charge is -2.18. The van der Waals surface area contributed by atoms with Gasteiger partial charge in [0, 0.05) is 19.4 Å². The van der Waals surface area contributed by atoms with Gasteiger partial charge in [0.2, 0.25) is 0 Å². The van der Waals surface area contributed by atoms with E-state index in [4.69, 9.17) is 14.2 Å². The van der Waals surface area contributed by atoms with E-state index in [1.807, 2.05) is 0 Å². The van der Waals surface area contributed by atoms with E-state index in [0.717, 1.165) is 51.4 Å². The van der Waals surface area contributed by atoms with Gasteiger partial charge in [0.25, 0.3) is 0 Å². The molecule has 5 nitrogen and oxygen atoms in total. The van der Waals surface area contributed by atoms with E-state index in [1.165, 1.54) is 128 Å². The highest BCUT2D eigenvalue weighted by Crippen LogP contribution is 2.14. The van der Waals surface area contributed by atoms with Crippen LogP contribution in [0.25, 0.3) is 0 Å². The van der Waals surface area contributed by atoms with Crippen molar-refractivity contribution in [1.82, 2.24) is 0 Å². The zero-order chi connectivity index (χ0) is 33.6. The summed E-state index contributed by atoms with van der Waals surface area (Å²) >= 11 is 0. The minimum absolute atomic E-state index is 0.0886. The van der Waals surface area contributed by atoms with Crippen molar-refractivity contribution in [3.05, 3.63) is 12.2 Å². The van der Waals surface area contributed by atoms with E-state index in [0.29, 0.717) is 26.1 Å². The fourth-order valence-electron chi connectivity index (χ4n) is 5.72. The first-order valence-electron chi connectivity index (χ1n) is 20.2. The Labute approximate surface area is 286 Å². The van der Waals surface area contributed by atoms with Crippen molar-refractivity contribution in [3.63, 3.8) is 0 Å². The highest BCUT2D eigenvalue weighted by atomic mass is 16.6. The fraction of sp³-hybridized carbons (Fsp3) is 0.902. The first-order valence-corrected chi connectivity index (χ1v) is 20.2. The molecule has 0 amide bonds. The van der Waals surface area contributed by atoms with Gasteiger partial charge in [0.15, 0.2) is 6.10 Å². The van der Waals surface area contributed by atoms with Gasteiger partial charge in [-0.1, -0.05) is 174 Å². The lowest BCUT2D eigenvalue weighted by Crippen LogP contribution is -2.30. The van der Waals surface area contributed by atoms with Crippen molar-refractivity contribution in [2.75, 3.05) is 19.8 Å². The summed E-state index contributed by atoms with van der Waals surface area (Å²) in [5.74, 6) is -0.403. The van der Waals surface area contributed by atoms with Gasteiger partial charge in [-0.15, -0.1) is 0 Å². The first kappa shape index (κ1) is 44.6. The Balaban J connectivity index is 4.13. The van der Waals surface area contributed by atoms with Crippen molar-refractivity contribution >= 4 is 11.9 Å². The highest BCUT2D eigenvalue weighted by Gasteiger charge is 2.17. The van der Waals surface area contributed by atoms with Crippen LogP contribution < -0.4 is 0 Å². The molecule has 0 bridgehead atoms. The van der Waals surface area contributed by atoms with Gasteiger partial charge in [-0.25, -0.2) is 0 Å². The summed E-state index contributed by atoms with van der Waals surface area (Å²) in [7, 11) is 0. The highest BCUT2D eigenvalue weighted by molar-refractivity contribution is 5.70. The molecular weight excluding hydrogens is 572 g/mol. The Morgan fingerprint density at radius 1 is 0.457 bits per heavy atom. The van der Waals surface area contributed by atoms with Crippen molar-refractivity contribution in [2.45, 2.75) is 219 Å². The molecule has 1 atom stereocenters. The van der Waals surface area contributed by atoms with E-state index < -0.39 is 6.10 Å². The quantitative estimate of drug-likeness (QED) is 0.0380. The smallest absolute Gasteiger partial charge is 0.306 e. The van der Waals surface area contributed by atoms with Crippen molar-refractivity contribution in [1.29, 1.82) is 0 Å². The standard InChI is InChI=1S/C41H78O5/c1-4-7-10-13-16-18-20-21-23-24-26-28-31-34-40(42)45-38-39(37-44-36-33-30-15-12-9-6-3)46-41(43)35-32-29-27-25-22-19-17-14-11-8-5-2/h14,17,39H,4-13,15-16,18-38H2,1-3H3/b17-14-. The monoisotopic (exact) mass is 651 g/mol. The van der Waals surface area contributed by atoms with E-state index in [1.54, 1.807) is 0 Å². The first-order chi connectivity index (χ1) is 22.6. The lowest BCUT2D eigenvalue weighted by atomic mass is 10.0. The SMILES string of the molecule is CCCC/C=C\CCCCCCCC(=O)OC(COCCCCCCCC)COC(=O)CCCCCCCCCCCCCCC. The maximum absolute atomic E-state index is 12.6. The predicted molar refractivity (Wildman–Crippen MR) is 196 cm³/mol. The van der Waals surface area contributed by atoms with Crippen LogP contribution in [-0.4, -0.2) is 37.9 Å². The topological polar surface area (TPSA) is 61.8 Å². The Bertz CT molecular complexity index is 661. The van der Waals surface area contributed by atoms with Crippen molar-refractivity contribution in [2.24, 2.45) is 0 Å². The number of unbranched alkanes of at least 4 members (excludes halogenated alkanes) is 24. The molecule has 0 N–H and O–H groups in total. The minimum atomic E-state index is -0.525. The molecule has 272 valence electrons. The van der Waals surface area contributed by atoms with Crippen LogP contribution in [-0.2, 0) is 23.8 Å². The molecule has 0 aromatic heterocycles. The number of carbonyl (C=O) groups is 2. The van der Waals surface area contributed by atoms with Crippen molar-refractivity contribution in [3.8, 4) is 0 Å². The zero-order valence-corrected chi connectivity index (χ0v) is 31.1. The van der Waals surface area contributed by atoms with Gasteiger partial charge < -0.3 is 14.2 Å². The minimum Gasteiger partial charge on any atom is -0.462 e. The average Bonchev–Trinajstić information content (AvgIpc) is 3.05. The average molecular weight is 651 g/mol. The molecule has 0 aliphatic carbocycles. The number of hydrogen-bond donors (Lipinski definition) is 0. The Morgan fingerprint density at radius 3 is 1.39 bits per heavy atom. The molecule has 46 heavy (non-hydrogen) atoms. The Hall–Kier alpha value is -1.36. The Kier molecular flexibility index (Phi) is 37.0. The van der Waals surface area contributed by atoms with Gasteiger partial charge in [-0.05, 0) is 38.5 Å². The summed E-state index contributed by atoms with van der Waals surface area (Å²) in [5.41, 5.74) is 0. The molecule has 0 aromatic rings. The van der Waals surface area contributed by atoms with Gasteiger partial charge in [0.05, 0.1) is 6.61 Å². The molecule has 0 heterocycles. The van der Waals surface area contributed by atoms with E-state index >= 15 is 0 Å². The molecule has 5 heteroatoms. The summed E-state index contributed by atoms with van der Waals surface area (Å²) in [6, 6.07) is 0. The second-order valence-corrected chi connectivity index (χ2v) is 13.6. The molecule has 0 spiro atoms. The van der Waals surface area contributed by atoms with E-state index in [2.05, 4.69) is 32.9 Å². The molecule has 0 radical (unpaired) electrons. The molecule has 0 fully saturated rings. The largest absolute Gasteiger partial charge is 0.462 e. The number of ether oxygens (including phenoxy) is 3. The molecule has 0 saturated carbocycles. The molecule has 0 rings (SSSR count). The number of allylic oxidation sites excluding steroid dienone is 2. The number of esters is 2. The molecule has 1 unspecified atom stereocenters. The van der Waals surface area contributed by atoms with Crippen LogP contribution in [0.3, 0.4) is 0 Å². The predicted octanol–water partition coefficient (Wildman–Crippen LogP) is 12.8. The van der Waals surface area contributed by atoms with E-state index in [-0.39, 0.29) is 18.5 Å². The second kappa shape index (κ2) is 38.1. The Morgan fingerprint density at radius 2 is 0.870 bits per heavy atom. The van der Waals surface area contributed by atoms with Gasteiger partial charge >= 0.3 is 11.9 Å². The molecule has 0 aromatic carbocycles. The maximum Gasteiger partial charge on any atom is 0.306 e. The molecule has 0 aliphatic heterocycles. The number of rotatable bonds is 37. The molecule has 0 aliphatic rings. The van der Waals surface area contributed by atoms with Crippen LogP contribution in [0.2, 0.25) is 0 Å². The van der Waals surface area contributed by atoms with Crippen LogP contribution >= 0.6 is 0 Å². The van der Waals surface area contributed by atoms with Crippen LogP contribution in [0, 0.1) is 0 Å². The van der Waals surface area contributed by atoms with Gasteiger partial charge in [-0.3, -0.25) is 9.59 Å². The van der Waals surface area contributed by atoms with Crippen LogP contribution in [0.1, 0.15) is 213 Å². The van der Waals surface area contributed by atoms with Gasteiger partial charge in [0.1, 0.15) is 6.61 Å². The third-order valence-corrected chi connectivity index (χ3v) is 8.80. The molecule has 0 saturated heterocycles. The summed E-state index contributed by atoms with van der Waals surface area (Å²) in [6.45, 7) is 7.76. The van der Waals surface area contributed by atoms with Crippen LogP contribution in [0.4, 0.5) is 0 Å². The normalized spacial score (nSPS) is 12.2. The fourth-order valence-corrected chi connectivity index (χ4v) is 5.72. The van der Waals surface area contributed by atoms with Crippen LogP contribution in [0.5, 0.6) is 0 Å². The molecular formula is C41H78O5. The van der Waals surface area contributed by atoms with Gasteiger partial charge in [-0.2, -0.15) is 0 Å². The third-order valence-electron chi connectivity index (χ3n) is 8.80. The second-order valence-electron chi connectivity index (χ2n) is 13.6. The maximum atomic E-state index is 12.6. The number of carbonyl (C=O) groups excluding carboxylic acids is 2.